The number of para-hydroxylation sites is 2. The zero-order valence-corrected chi connectivity index (χ0v) is 12.6. The average molecular weight is 319 g/mol. The second kappa shape index (κ2) is 5.66. The summed E-state index contributed by atoms with van der Waals surface area (Å²) in [5, 5.41) is 9.01. The average Bonchev–Trinajstić information content (AvgIpc) is 3.22. The fraction of sp³-hybridized carbons (Fsp3) is 0.0556. The quantitative estimate of drug-likeness (QED) is 0.623. The van der Waals surface area contributed by atoms with Gasteiger partial charge in [-0.2, -0.15) is 0 Å². The van der Waals surface area contributed by atoms with Crippen molar-refractivity contribution in [3.8, 4) is 11.5 Å². The number of pyridine rings is 1. The van der Waals surface area contributed by atoms with Crippen LogP contribution in [0.1, 0.15) is 16.3 Å². The molecule has 6 nitrogen and oxygen atoms in total. The molecule has 0 spiro atoms. The van der Waals surface area contributed by atoms with Gasteiger partial charge in [0.25, 0.3) is 0 Å². The van der Waals surface area contributed by atoms with Gasteiger partial charge in [0, 0.05) is 6.20 Å². The van der Waals surface area contributed by atoms with E-state index >= 15 is 0 Å². The Balaban J connectivity index is 1.84. The van der Waals surface area contributed by atoms with Gasteiger partial charge in [0.1, 0.15) is 11.5 Å². The van der Waals surface area contributed by atoms with Gasteiger partial charge in [-0.25, -0.2) is 9.78 Å². The largest absolute Gasteiger partial charge is 0.475 e. The molecule has 3 heterocycles. The van der Waals surface area contributed by atoms with Crippen molar-refractivity contribution in [3.05, 3.63) is 72.3 Å². The number of aromatic carboxylic acids is 1. The fourth-order valence-electron chi connectivity index (χ4n) is 2.66. The van der Waals surface area contributed by atoms with E-state index in [-0.39, 0.29) is 5.76 Å². The van der Waals surface area contributed by atoms with E-state index < -0.39 is 5.97 Å². The number of hydrogen-bond donors (Lipinski definition) is 1. The van der Waals surface area contributed by atoms with Crippen molar-refractivity contribution in [1.29, 1.82) is 0 Å². The normalized spacial score (nSPS) is 11.0. The summed E-state index contributed by atoms with van der Waals surface area (Å²) in [5.41, 5.74) is 2.54. The number of carboxylic acid groups (broad SMARTS) is 1. The summed E-state index contributed by atoms with van der Waals surface area (Å²) in [6, 6.07) is 16.5. The van der Waals surface area contributed by atoms with Crippen molar-refractivity contribution in [3.63, 3.8) is 0 Å². The molecule has 0 aliphatic rings. The molecule has 6 heteroatoms. The Kier molecular flexibility index (Phi) is 3.35. The monoisotopic (exact) mass is 319 g/mol. The summed E-state index contributed by atoms with van der Waals surface area (Å²) in [6.07, 6.45) is 1.72. The van der Waals surface area contributed by atoms with Crippen molar-refractivity contribution in [1.82, 2.24) is 14.5 Å². The highest BCUT2D eigenvalue weighted by atomic mass is 16.4. The van der Waals surface area contributed by atoms with Crippen LogP contribution in [-0.4, -0.2) is 25.6 Å². The molecule has 1 N–H and O–H groups in total. The van der Waals surface area contributed by atoms with Crippen LogP contribution in [0.3, 0.4) is 0 Å². The first-order valence-electron chi connectivity index (χ1n) is 7.41. The molecule has 0 unspecified atom stereocenters. The molecule has 0 bridgehead atoms. The van der Waals surface area contributed by atoms with Crippen LogP contribution in [0.4, 0.5) is 0 Å². The lowest BCUT2D eigenvalue weighted by molar-refractivity contribution is 0.0660. The predicted molar refractivity (Wildman–Crippen MR) is 87.7 cm³/mol. The second-order valence-corrected chi connectivity index (χ2v) is 5.30. The molecule has 0 radical (unpaired) electrons. The minimum absolute atomic E-state index is 0.0752. The molecule has 0 atom stereocenters. The number of aromatic nitrogens is 3. The van der Waals surface area contributed by atoms with Gasteiger partial charge in [0.15, 0.2) is 5.82 Å². The number of hydrogen-bond acceptors (Lipinski definition) is 4. The first-order valence-corrected chi connectivity index (χ1v) is 7.41. The summed E-state index contributed by atoms with van der Waals surface area (Å²) >= 11 is 0. The molecule has 4 aromatic rings. The fourth-order valence-corrected chi connectivity index (χ4v) is 2.66. The Bertz CT molecular complexity index is 1020. The number of furan rings is 1. The Morgan fingerprint density at radius 3 is 2.67 bits per heavy atom. The van der Waals surface area contributed by atoms with Crippen LogP contribution in [0, 0.1) is 0 Å². The molecule has 0 aliphatic carbocycles. The standard InChI is InChI=1S/C18H13N3O3/c22-18(23)16-9-8-12(24-16)11-21-15-7-2-1-5-13(15)20-17(21)14-6-3-4-10-19-14/h1-10H,11H2,(H,22,23). The number of nitrogens with zero attached hydrogens (tertiary/aromatic N) is 3. The summed E-state index contributed by atoms with van der Waals surface area (Å²) < 4.78 is 7.36. The van der Waals surface area contributed by atoms with Crippen molar-refractivity contribution < 1.29 is 14.3 Å². The lowest BCUT2D eigenvalue weighted by Crippen LogP contribution is -2.02. The van der Waals surface area contributed by atoms with Gasteiger partial charge in [0.2, 0.25) is 5.76 Å². The molecule has 0 aliphatic heterocycles. The van der Waals surface area contributed by atoms with Crippen LogP contribution in [0.5, 0.6) is 0 Å². The molecule has 118 valence electrons. The third-order valence-corrected chi connectivity index (χ3v) is 3.73. The molecule has 0 saturated carbocycles. The Morgan fingerprint density at radius 1 is 1.08 bits per heavy atom. The Labute approximate surface area is 137 Å². The van der Waals surface area contributed by atoms with Crippen molar-refractivity contribution in [2.24, 2.45) is 0 Å². The minimum Gasteiger partial charge on any atom is -0.475 e. The molecule has 0 fully saturated rings. The van der Waals surface area contributed by atoms with Crippen LogP contribution in [0.2, 0.25) is 0 Å². The van der Waals surface area contributed by atoms with Crippen LogP contribution in [-0.2, 0) is 6.54 Å². The molecule has 1 aromatic carbocycles. The van der Waals surface area contributed by atoms with E-state index in [9.17, 15) is 4.79 Å². The maximum Gasteiger partial charge on any atom is 0.371 e. The maximum atomic E-state index is 11.0. The molecule has 4 rings (SSSR count). The van der Waals surface area contributed by atoms with Crippen LogP contribution in [0.25, 0.3) is 22.6 Å². The summed E-state index contributed by atoms with van der Waals surface area (Å²) in [4.78, 5) is 20.0. The maximum absolute atomic E-state index is 11.0. The van der Waals surface area contributed by atoms with Crippen LogP contribution < -0.4 is 0 Å². The summed E-state index contributed by atoms with van der Waals surface area (Å²) in [7, 11) is 0. The van der Waals surface area contributed by atoms with E-state index in [0.29, 0.717) is 18.1 Å². The van der Waals surface area contributed by atoms with Gasteiger partial charge >= 0.3 is 5.97 Å². The van der Waals surface area contributed by atoms with Gasteiger partial charge in [-0.05, 0) is 36.4 Å². The lowest BCUT2D eigenvalue weighted by atomic mass is 10.3. The predicted octanol–water partition coefficient (Wildman–Crippen LogP) is 3.44. The molecule has 0 saturated heterocycles. The van der Waals surface area contributed by atoms with Crippen molar-refractivity contribution >= 4 is 17.0 Å². The lowest BCUT2D eigenvalue weighted by Gasteiger charge is -2.07. The van der Waals surface area contributed by atoms with Gasteiger partial charge in [0.05, 0.1) is 17.6 Å². The topological polar surface area (TPSA) is 81.1 Å². The van der Waals surface area contributed by atoms with Gasteiger partial charge in [-0.3, -0.25) is 4.98 Å². The van der Waals surface area contributed by atoms with E-state index in [1.54, 1.807) is 12.3 Å². The molecular formula is C18H13N3O3. The third kappa shape index (κ3) is 2.44. The number of fused-ring (bicyclic) bond motifs is 1. The first-order chi connectivity index (χ1) is 11.7. The van der Waals surface area contributed by atoms with Crippen LogP contribution >= 0.6 is 0 Å². The third-order valence-electron chi connectivity index (χ3n) is 3.73. The second-order valence-electron chi connectivity index (χ2n) is 5.30. The van der Waals surface area contributed by atoms with Gasteiger partial charge < -0.3 is 14.1 Å². The SMILES string of the molecule is O=C(O)c1ccc(Cn2c(-c3ccccn3)nc3ccccc32)o1. The van der Waals surface area contributed by atoms with E-state index in [2.05, 4.69) is 9.97 Å². The number of carboxylic acids is 1. The van der Waals surface area contributed by atoms with Crippen LogP contribution in [0.15, 0.2) is 65.2 Å². The number of imidazole rings is 1. The van der Waals surface area contributed by atoms with E-state index in [1.807, 2.05) is 47.0 Å². The van der Waals surface area contributed by atoms with Crippen molar-refractivity contribution in [2.75, 3.05) is 0 Å². The highest BCUT2D eigenvalue weighted by molar-refractivity contribution is 5.84. The van der Waals surface area contributed by atoms with Gasteiger partial charge in [-0.15, -0.1) is 0 Å². The van der Waals surface area contributed by atoms with Crippen molar-refractivity contribution in [2.45, 2.75) is 6.54 Å². The van der Waals surface area contributed by atoms with E-state index in [0.717, 1.165) is 16.7 Å². The first kappa shape index (κ1) is 14.2. The van der Waals surface area contributed by atoms with Gasteiger partial charge in [-0.1, -0.05) is 18.2 Å². The highest BCUT2D eigenvalue weighted by Gasteiger charge is 2.16. The summed E-state index contributed by atoms with van der Waals surface area (Å²) in [6.45, 7) is 0.375. The summed E-state index contributed by atoms with van der Waals surface area (Å²) in [5.74, 6) is 0.105. The minimum atomic E-state index is -1.08. The number of rotatable bonds is 4. The zero-order chi connectivity index (χ0) is 16.5. The molecule has 3 aromatic heterocycles. The van der Waals surface area contributed by atoms with E-state index in [4.69, 9.17) is 9.52 Å². The molecular weight excluding hydrogens is 306 g/mol. The smallest absolute Gasteiger partial charge is 0.371 e. The zero-order valence-electron chi connectivity index (χ0n) is 12.6. The Hall–Kier alpha value is -3.41. The number of carbonyl (C=O) groups is 1. The number of benzene rings is 1. The van der Waals surface area contributed by atoms with E-state index in [1.165, 1.54) is 6.07 Å². The molecule has 24 heavy (non-hydrogen) atoms. The highest BCUT2D eigenvalue weighted by Crippen LogP contribution is 2.25. The Morgan fingerprint density at radius 2 is 1.92 bits per heavy atom. The molecule has 0 amide bonds.